The lowest BCUT2D eigenvalue weighted by Crippen LogP contribution is -2.21. The van der Waals surface area contributed by atoms with Gasteiger partial charge >= 0.3 is 0 Å². The molecule has 2 heterocycles. The van der Waals surface area contributed by atoms with Crippen molar-refractivity contribution in [2.24, 2.45) is 5.92 Å². The fourth-order valence-electron chi connectivity index (χ4n) is 2.97. The molecule has 4 nitrogen and oxygen atoms in total. The first kappa shape index (κ1) is 18.0. The number of benzene rings is 1. The molecule has 1 aliphatic heterocycles. The van der Waals surface area contributed by atoms with Gasteiger partial charge < -0.3 is 14.6 Å². The predicted octanol–water partition coefficient (Wildman–Crippen LogP) is 4.42. The van der Waals surface area contributed by atoms with E-state index >= 15 is 0 Å². The number of hydrogen-bond acceptors (Lipinski definition) is 3. The van der Waals surface area contributed by atoms with Gasteiger partial charge in [0.05, 0.1) is 12.6 Å². The van der Waals surface area contributed by atoms with Gasteiger partial charge in [0.2, 0.25) is 0 Å². The van der Waals surface area contributed by atoms with E-state index in [-0.39, 0.29) is 10.6 Å². The SMILES string of the molecule is CC(C)CCn1ccc(-c2ccc(NC3CCOC3)cc2)c(Cl)c1=O. The Morgan fingerprint density at radius 2 is 2.04 bits per heavy atom. The summed E-state index contributed by atoms with van der Waals surface area (Å²) < 4.78 is 7.08. The standard InChI is InChI=1S/C20H25ClN2O2/c1-14(2)7-10-23-11-8-18(19(21)20(23)24)15-3-5-16(6-4-15)22-17-9-12-25-13-17/h3-6,8,11,14,17,22H,7,9-10,12-13H2,1-2H3. The predicted molar refractivity (Wildman–Crippen MR) is 103 cm³/mol. The van der Waals surface area contributed by atoms with Gasteiger partial charge in [-0.1, -0.05) is 37.6 Å². The van der Waals surface area contributed by atoms with Gasteiger partial charge in [-0.3, -0.25) is 4.79 Å². The number of aryl methyl sites for hydroxylation is 1. The quantitative estimate of drug-likeness (QED) is 0.829. The summed E-state index contributed by atoms with van der Waals surface area (Å²) in [6, 6.07) is 10.3. The van der Waals surface area contributed by atoms with E-state index in [2.05, 4.69) is 19.2 Å². The molecule has 134 valence electrons. The van der Waals surface area contributed by atoms with Gasteiger partial charge in [-0.15, -0.1) is 0 Å². The molecule has 25 heavy (non-hydrogen) atoms. The van der Waals surface area contributed by atoms with Crippen LogP contribution in [0.3, 0.4) is 0 Å². The highest BCUT2D eigenvalue weighted by molar-refractivity contribution is 6.33. The summed E-state index contributed by atoms with van der Waals surface area (Å²) >= 11 is 6.36. The molecule has 1 atom stereocenters. The molecule has 1 unspecified atom stereocenters. The molecule has 1 saturated heterocycles. The number of nitrogens with zero attached hydrogens (tertiary/aromatic N) is 1. The number of aromatic nitrogens is 1. The minimum absolute atomic E-state index is 0.120. The molecule has 0 amide bonds. The summed E-state index contributed by atoms with van der Waals surface area (Å²) in [6.45, 7) is 6.56. The van der Waals surface area contributed by atoms with Crippen LogP contribution in [0.5, 0.6) is 0 Å². The van der Waals surface area contributed by atoms with Crippen LogP contribution in [-0.2, 0) is 11.3 Å². The van der Waals surface area contributed by atoms with Crippen molar-refractivity contribution in [1.82, 2.24) is 4.57 Å². The van der Waals surface area contributed by atoms with E-state index in [1.807, 2.05) is 36.5 Å². The topological polar surface area (TPSA) is 43.3 Å². The maximum atomic E-state index is 12.5. The van der Waals surface area contributed by atoms with Crippen LogP contribution >= 0.6 is 11.6 Å². The number of anilines is 1. The second-order valence-corrected chi connectivity index (χ2v) is 7.38. The van der Waals surface area contributed by atoms with Crippen molar-refractivity contribution < 1.29 is 4.74 Å². The van der Waals surface area contributed by atoms with E-state index in [4.69, 9.17) is 16.3 Å². The van der Waals surface area contributed by atoms with Crippen LogP contribution in [0.25, 0.3) is 11.1 Å². The minimum atomic E-state index is -0.120. The molecule has 0 radical (unpaired) electrons. The first-order chi connectivity index (χ1) is 12.0. The number of nitrogens with one attached hydrogen (secondary N) is 1. The van der Waals surface area contributed by atoms with Crippen molar-refractivity contribution in [2.45, 2.75) is 39.3 Å². The summed E-state index contributed by atoms with van der Waals surface area (Å²) in [7, 11) is 0. The average Bonchev–Trinajstić information content (AvgIpc) is 3.10. The minimum Gasteiger partial charge on any atom is -0.380 e. The highest BCUT2D eigenvalue weighted by Crippen LogP contribution is 2.27. The molecule has 1 aliphatic rings. The zero-order valence-electron chi connectivity index (χ0n) is 14.8. The van der Waals surface area contributed by atoms with Crippen molar-refractivity contribution in [1.29, 1.82) is 0 Å². The van der Waals surface area contributed by atoms with Crippen molar-refractivity contribution in [2.75, 3.05) is 18.5 Å². The monoisotopic (exact) mass is 360 g/mol. The van der Waals surface area contributed by atoms with Crippen molar-refractivity contribution in [3.05, 3.63) is 51.9 Å². The molecule has 1 fully saturated rings. The second-order valence-electron chi connectivity index (χ2n) is 7.01. The van der Waals surface area contributed by atoms with Gasteiger partial charge in [0.15, 0.2) is 0 Å². The van der Waals surface area contributed by atoms with Crippen molar-refractivity contribution in [3.8, 4) is 11.1 Å². The van der Waals surface area contributed by atoms with Crippen LogP contribution in [-0.4, -0.2) is 23.8 Å². The van der Waals surface area contributed by atoms with Gasteiger partial charge in [-0.25, -0.2) is 0 Å². The zero-order chi connectivity index (χ0) is 17.8. The van der Waals surface area contributed by atoms with Gasteiger partial charge in [0.1, 0.15) is 5.02 Å². The Hall–Kier alpha value is -1.78. The lowest BCUT2D eigenvalue weighted by molar-refractivity contribution is 0.195. The Bertz CT molecular complexity index is 762. The van der Waals surface area contributed by atoms with Gasteiger partial charge in [0, 0.05) is 30.6 Å². The van der Waals surface area contributed by atoms with Crippen LogP contribution in [0.4, 0.5) is 5.69 Å². The third-order valence-electron chi connectivity index (χ3n) is 4.55. The third-order valence-corrected chi connectivity index (χ3v) is 4.92. The summed E-state index contributed by atoms with van der Waals surface area (Å²) in [4.78, 5) is 12.5. The lowest BCUT2D eigenvalue weighted by atomic mass is 10.1. The molecule has 0 bridgehead atoms. The Morgan fingerprint density at radius 3 is 2.68 bits per heavy atom. The molecule has 1 N–H and O–H groups in total. The molecule has 0 saturated carbocycles. The molecular formula is C20H25ClN2O2. The molecular weight excluding hydrogens is 336 g/mol. The fourth-order valence-corrected chi connectivity index (χ4v) is 3.25. The van der Waals surface area contributed by atoms with Crippen LogP contribution in [0, 0.1) is 5.92 Å². The van der Waals surface area contributed by atoms with E-state index in [1.165, 1.54) is 0 Å². The largest absolute Gasteiger partial charge is 0.380 e. The molecule has 3 rings (SSSR count). The van der Waals surface area contributed by atoms with Crippen LogP contribution in [0.1, 0.15) is 26.7 Å². The summed E-state index contributed by atoms with van der Waals surface area (Å²) in [5.41, 5.74) is 2.67. The van der Waals surface area contributed by atoms with Gasteiger partial charge in [-0.05, 0) is 42.5 Å². The summed E-state index contributed by atoms with van der Waals surface area (Å²) in [6.07, 6.45) is 3.83. The van der Waals surface area contributed by atoms with E-state index in [1.54, 1.807) is 4.57 Å². The molecule has 1 aromatic heterocycles. The van der Waals surface area contributed by atoms with Crippen LogP contribution in [0.2, 0.25) is 5.02 Å². The Kier molecular flexibility index (Phi) is 5.82. The van der Waals surface area contributed by atoms with Crippen LogP contribution < -0.4 is 10.9 Å². The lowest BCUT2D eigenvalue weighted by Gasteiger charge is -2.14. The Labute approximate surface area is 153 Å². The van der Waals surface area contributed by atoms with Crippen molar-refractivity contribution >= 4 is 17.3 Å². The summed E-state index contributed by atoms with van der Waals surface area (Å²) in [5.74, 6) is 0.552. The number of rotatable bonds is 6. The number of pyridine rings is 1. The first-order valence-corrected chi connectivity index (χ1v) is 9.26. The highest BCUT2D eigenvalue weighted by Gasteiger charge is 2.15. The molecule has 2 aromatic rings. The highest BCUT2D eigenvalue weighted by atomic mass is 35.5. The van der Waals surface area contributed by atoms with Gasteiger partial charge in [-0.2, -0.15) is 0 Å². The number of hydrogen-bond donors (Lipinski definition) is 1. The van der Waals surface area contributed by atoms with Crippen LogP contribution in [0.15, 0.2) is 41.3 Å². The normalized spacial score (nSPS) is 17.2. The molecule has 1 aromatic carbocycles. The smallest absolute Gasteiger partial charge is 0.269 e. The molecule has 0 aliphatic carbocycles. The number of halogens is 1. The maximum absolute atomic E-state index is 12.5. The number of ether oxygens (including phenoxy) is 1. The van der Waals surface area contributed by atoms with E-state index in [0.29, 0.717) is 18.5 Å². The molecule has 0 spiro atoms. The second kappa shape index (κ2) is 8.07. The molecule has 5 heteroatoms. The van der Waals surface area contributed by atoms with E-state index in [9.17, 15) is 4.79 Å². The Morgan fingerprint density at radius 1 is 1.28 bits per heavy atom. The average molecular weight is 361 g/mol. The van der Waals surface area contributed by atoms with Gasteiger partial charge in [0.25, 0.3) is 5.56 Å². The van der Waals surface area contributed by atoms with E-state index in [0.717, 1.165) is 42.9 Å². The van der Waals surface area contributed by atoms with E-state index < -0.39 is 0 Å². The third kappa shape index (κ3) is 4.44. The van der Waals surface area contributed by atoms with Crippen molar-refractivity contribution in [3.63, 3.8) is 0 Å². The first-order valence-electron chi connectivity index (χ1n) is 8.88. The Balaban J connectivity index is 1.76. The summed E-state index contributed by atoms with van der Waals surface area (Å²) in [5, 5.41) is 3.75. The maximum Gasteiger partial charge on any atom is 0.269 e. The zero-order valence-corrected chi connectivity index (χ0v) is 15.6. The fraction of sp³-hybridized carbons (Fsp3) is 0.450.